The van der Waals surface area contributed by atoms with Gasteiger partial charge in [-0.05, 0) is 31.0 Å². The van der Waals surface area contributed by atoms with Crippen LogP contribution in [0.25, 0.3) is 10.7 Å². The average molecular weight is 413 g/mol. The molecule has 1 aliphatic heterocycles. The zero-order chi connectivity index (χ0) is 20.4. The van der Waals surface area contributed by atoms with E-state index in [-0.39, 0.29) is 27.4 Å². The minimum atomic E-state index is -0.524. The molecule has 4 heterocycles. The maximum Gasteiger partial charge on any atom is 0.277 e. The lowest BCUT2D eigenvalue weighted by Gasteiger charge is -2.33. The molecule has 1 unspecified atom stereocenters. The first kappa shape index (κ1) is 19.2. The van der Waals surface area contributed by atoms with Crippen molar-refractivity contribution in [2.24, 2.45) is 5.73 Å². The highest BCUT2D eigenvalue weighted by molar-refractivity contribution is 7.19. The third-order valence-electron chi connectivity index (χ3n) is 4.67. The van der Waals surface area contributed by atoms with Crippen LogP contribution in [0.5, 0.6) is 0 Å². The van der Waals surface area contributed by atoms with Crippen molar-refractivity contribution in [2.45, 2.75) is 18.9 Å². The molecule has 10 heteroatoms. The molecule has 1 saturated heterocycles. The minimum Gasteiger partial charge on any atom is -0.389 e. The molecule has 1 atom stereocenters. The summed E-state index contributed by atoms with van der Waals surface area (Å²) in [6.45, 7) is 1.55. The Bertz CT molecular complexity index is 1040. The summed E-state index contributed by atoms with van der Waals surface area (Å²) in [4.78, 5) is 27.3. The molecule has 29 heavy (non-hydrogen) atoms. The average Bonchev–Trinajstić information content (AvgIpc) is 3.10. The third kappa shape index (κ3) is 4.03. The molecule has 1 amide bonds. The number of nitrogens with zero attached hydrogens (tertiary/aromatic N) is 4. The van der Waals surface area contributed by atoms with E-state index in [1.807, 2.05) is 6.07 Å². The number of piperidine rings is 1. The van der Waals surface area contributed by atoms with Crippen molar-refractivity contribution >= 4 is 33.6 Å². The molecule has 5 N–H and O–H groups in total. The molecule has 0 saturated carbocycles. The Morgan fingerprint density at radius 2 is 2.21 bits per heavy atom. The Morgan fingerprint density at radius 1 is 1.34 bits per heavy atom. The topological polar surface area (TPSA) is 123 Å². The molecule has 1 aliphatic rings. The number of carbonyl (C=O) groups is 1. The third-order valence-corrected chi connectivity index (χ3v) is 5.57. The summed E-state index contributed by atoms with van der Waals surface area (Å²) in [5.74, 6) is -1.01. The molecule has 4 rings (SSSR count). The van der Waals surface area contributed by atoms with Gasteiger partial charge in [0, 0.05) is 31.5 Å². The van der Waals surface area contributed by atoms with Gasteiger partial charge >= 0.3 is 0 Å². The van der Waals surface area contributed by atoms with Crippen molar-refractivity contribution in [3.63, 3.8) is 0 Å². The van der Waals surface area contributed by atoms with Crippen molar-refractivity contribution in [1.82, 2.24) is 15.0 Å². The highest BCUT2D eigenvalue weighted by Gasteiger charge is 2.23. The van der Waals surface area contributed by atoms with Crippen LogP contribution in [-0.4, -0.2) is 40.0 Å². The van der Waals surface area contributed by atoms with Crippen LogP contribution in [0.1, 0.15) is 23.3 Å². The first-order chi connectivity index (χ1) is 14.0. The van der Waals surface area contributed by atoms with E-state index in [2.05, 4.69) is 25.2 Å². The second kappa shape index (κ2) is 8.10. The zero-order valence-electron chi connectivity index (χ0n) is 15.5. The monoisotopic (exact) mass is 413 g/mol. The fourth-order valence-electron chi connectivity index (χ4n) is 3.31. The van der Waals surface area contributed by atoms with Gasteiger partial charge in [0.05, 0.1) is 17.6 Å². The Morgan fingerprint density at radius 3 is 3.00 bits per heavy atom. The molecule has 0 spiro atoms. The van der Waals surface area contributed by atoms with Gasteiger partial charge in [-0.15, -0.1) is 0 Å². The van der Waals surface area contributed by atoms with E-state index in [0.29, 0.717) is 12.2 Å². The van der Waals surface area contributed by atoms with E-state index in [1.165, 1.54) is 18.3 Å². The Balaban J connectivity index is 1.59. The molecule has 3 aromatic heterocycles. The van der Waals surface area contributed by atoms with Crippen LogP contribution < -0.4 is 21.7 Å². The predicted molar refractivity (Wildman–Crippen MR) is 111 cm³/mol. The van der Waals surface area contributed by atoms with Gasteiger partial charge in [-0.2, -0.15) is 0 Å². The summed E-state index contributed by atoms with van der Waals surface area (Å²) in [6.07, 6.45) is 6.67. The molecule has 0 aromatic carbocycles. The number of thiazole rings is 1. The first-order valence-electron chi connectivity index (χ1n) is 9.16. The number of anilines is 3. The van der Waals surface area contributed by atoms with Gasteiger partial charge in [-0.1, -0.05) is 11.3 Å². The van der Waals surface area contributed by atoms with Gasteiger partial charge in [0.2, 0.25) is 0 Å². The van der Waals surface area contributed by atoms with Crippen molar-refractivity contribution in [3.8, 4) is 10.7 Å². The van der Waals surface area contributed by atoms with E-state index in [4.69, 9.17) is 11.5 Å². The lowest BCUT2D eigenvalue weighted by atomic mass is 10.1. The SMILES string of the molecule is Nc1sc(-c2ncccc2F)nc1C(=O)Nc1cnccc1N1CCCC(N)C1. The number of aromatic nitrogens is 3. The normalized spacial score (nSPS) is 16.6. The van der Waals surface area contributed by atoms with Gasteiger partial charge < -0.3 is 21.7 Å². The summed E-state index contributed by atoms with van der Waals surface area (Å²) in [6, 6.07) is 4.70. The Kier molecular flexibility index (Phi) is 5.36. The molecule has 1 fully saturated rings. The van der Waals surface area contributed by atoms with Crippen molar-refractivity contribution in [1.29, 1.82) is 0 Å². The van der Waals surface area contributed by atoms with Crippen LogP contribution in [-0.2, 0) is 0 Å². The number of nitrogen functional groups attached to an aromatic ring is 1. The molecule has 8 nitrogen and oxygen atoms in total. The fraction of sp³-hybridized carbons (Fsp3) is 0.263. The van der Waals surface area contributed by atoms with E-state index in [9.17, 15) is 9.18 Å². The lowest BCUT2D eigenvalue weighted by Crippen LogP contribution is -2.43. The summed E-state index contributed by atoms with van der Waals surface area (Å²) < 4.78 is 14.0. The van der Waals surface area contributed by atoms with E-state index >= 15 is 0 Å². The largest absolute Gasteiger partial charge is 0.389 e. The van der Waals surface area contributed by atoms with Crippen molar-refractivity contribution < 1.29 is 9.18 Å². The number of nitrogens with two attached hydrogens (primary N) is 2. The number of pyridine rings is 2. The van der Waals surface area contributed by atoms with Gasteiger partial charge in [0.15, 0.2) is 11.5 Å². The predicted octanol–water partition coefficient (Wildman–Crippen LogP) is 2.50. The van der Waals surface area contributed by atoms with Gasteiger partial charge in [0.1, 0.15) is 15.7 Å². The van der Waals surface area contributed by atoms with E-state index in [0.717, 1.165) is 36.4 Å². The second-order valence-corrected chi connectivity index (χ2v) is 7.79. The molecule has 3 aromatic rings. The van der Waals surface area contributed by atoms with Crippen molar-refractivity contribution in [2.75, 3.05) is 29.0 Å². The number of hydrogen-bond acceptors (Lipinski definition) is 8. The van der Waals surface area contributed by atoms with Crippen LogP contribution in [0.2, 0.25) is 0 Å². The number of hydrogen-bond donors (Lipinski definition) is 3. The summed E-state index contributed by atoms with van der Waals surface area (Å²) in [5.41, 5.74) is 13.6. The highest BCUT2D eigenvalue weighted by atomic mass is 32.1. The number of carbonyl (C=O) groups excluding carboxylic acids is 1. The number of nitrogens with one attached hydrogen (secondary N) is 1. The molecule has 0 bridgehead atoms. The van der Waals surface area contributed by atoms with Crippen LogP contribution in [0.15, 0.2) is 36.8 Å². The summed E-state index contributed by atoms with van der Waals surface area (Å²) >= 11 is 1.01. The molecular formula is C19H20FN7OS. The summed E-state index contributed by atoms with van der Waals surface area (Å²) in [5, 5.41) is 3.26. The van der Waals surface area contributed by atoms with E-state index in [1.54, 1.807) is 12.4 Å². The summed E-state index contributed by atoms with van der Waals surface area (Å²) in [7, 11) is 0. The van der Waals surface area contributed by atoms with Gasteiger partial charge in [0.25, 0.3) is 5.91 Å². The Labute approximate surface area is 170 Å². The molecule has 150 valence electrons. The highest BCUT2D eigenvalue weighted by Crippen LogP contribution is 2.32. The maximum atomic E-state index is 14.0. The first-order valence-corrected chi connectivity index (χ1v) is 9.97. The van der Waals surface area contributed by atoms with Crippen LogP contribution in [0.4, 0.5) is 20.8 Å². The maximum absolute atomic E-state index is 14.0. The molecule has 0 radical (unpaired) electrons. The van der Waals surface area contributed by atoms with Gasteiger partial charge in [-0.25, -0.2) is 9.37 Å². The number of rotatable bonds is 4. The molecular weight excluding hydrogens is 393 g/mol. The number of amides is 1. The van der Waals surface area contributed by atoms with Crippen LogP contribution in [0.3, 0.4) is 0 Å². The smallest absolute Gasteiger partial charge is 0.277 e. The van der Waals surface area contributed by atoms with Gasteiger partial charge in [-0.3, -0.25) is 14.8 Å². The quantitative estimate of drug-likeness (QED) is 0.600. The zero-order valence-corrected chi connectivity index (χ0v) is 16.3. The van der Waals surface area contributed by atoms with E-state index < -0.39 is 11.7 Å². The standard InChI is InChI=1S/C19H20FN7OS/c20-12-4-1-6-24-15(12)19-26-16(17(22)29-19)18(28)25-13-9-23-7-5-14(13)27-8-2-3-11(21)10-27/h1,4-7,9,11H,2-3,8,10,21-22H2,(H,25,28). The second-order valence-electron chi connectivity index (χ2n) is 6.76. The van der Waals surface area contributed by atoms with Crippen molar-refractivity contribution in [3.05, 3.63) is 48.3 Å². The van der Waals surface area contributed by atoms with Crippen LogP contribution >= 0.6 is 11.3 Å². The molecule has 0 aliphatic carbocycles. The lowest BCUT2D eigenvalue weighted by molar-refractivity contribution is 0.102. The fourth-order valence-corrected chi connectivity index (χ4v) is 4.14. The Hall–Kier alpha value is -3.11. The van der Waals surface area contributed by atoms with Crippen LogP contribution in [0, 0.1) is 5.82 Å². The number of halogens is 1. The minimum absolute atomic E-state index is 0.0280.